The summed E-state index contributed by atoms with van der Waals surface area (Å²) in [5, 5.41) is 3.27. The van der Waals surface area contributed by atoms with Crippen LogP contribution in [0.2, 0.25) is 5.02 Å². The van der Waals surface area contributed by atoms with E-state index in [1.54, 1.807) is 12.1 Å². The molecule has 23 heavy (non-hydrogen) atoms. The molecule has 0 spiro atoms. The first-order valence-corrected chi connectivity index (χ1v) is 7.85. The van der Waals surface area contributed by atoms with Gasteiger partial charge in [0.2, 0.25) is 0 Å². The Bertz CT molecular complexity index is 758. The molecule has 0 fully saturated rings. The lowest BCUT2D eigenvalue weighted by molar-refractivity contribution is 0.102. The SMILES string of the molecule is COc1cc(OC)c(NC(=O)c2ccc3c(c2)CCC3)cc1Cl. The lowest BCUT2D eigenvalue weighted by atomic mass is 10.1. The standard InChI is InChI=1S/C18H18ClNO3/c1-22-16-10-17(23-2)15(9-14(16)19)20-18(21)13-7-6-11-4-3-5-12(11)8-13/h6-10H,3-5H2,1-2H3,(H,20,21). The Labute approximate surface area is 140 Å². The molecule has 0 saturated heterocycles. The van der Waals surface area contributed by atoms with Crippen molar-refractivity contribution >= 4 is 23.2 Å². The van der Waals surface area contributed by atoms with Gasteiger partial charge < -0.3 is 14.8 Å². The Morgan fingerprint density at radius 1 is 1.04 bits per heavy atom. The number of amides is 1. The van der Waals surface area contributed by atoms with Gasteiger partial charge in [-0.15, -0.1) is 0 Å². The third-order valence-corrected chi connectivity index (χ3v) is 4.38. The van der Waals surface area contributed by atoms with Gasteiger partial charge in [-0.05, 0) is 48.6 Å². The molecule has 5 heteroatoms. The van der Waals surface area contributed by atoms with E-state index < -0.39 is 0 Å². The van der Waals surface area contributed by atoms with Gasteiger partial charge in [0.25, 0.3) is 5.91 Å². The second-order valence-electron chi connectivity index (χ2n) is 5.48. The highest BCUT2D eigenvalue weighted by molar-refractivity contribution is 6.32. The van der Waals surface area contributed by atoms with Crippen LogP contribution in [0.5, 0.6) is 11.5 Å². The summed E-state index contributed by atoms with van der Waals surface area (Å²) in [7, 11) is 3.07. The lowest BCUT2D eigenvalue weighted by Crippen LogP contribution is -2.13. The number of benzene rings is 2. The van der Waals surface area contributed by atoms with E-state index >= 15 is 0 Å². The molecule has 0 aromatic heterocycles. The average Bonchev–Trinajstić information content (AvgIpc) is 3.02. The van der Waals surface area contributed by atoms with Crippen LogP contribution in [0.25, 0.3) is 0 Å². The van der Waals surface area contributed by atoms with Crippen LogP contribution in [0.15, 0.2) is 30.3 Å². The Morgan fingerprint density at radius 2 is 1.78 bits per heavy atom. The summed E-state index contributed by atoms with van der Waals surface area (Å²) in [4.78, 5) is 12.5. The Morgan fingerprint density at radius 3 is 2.52 bits per heavy atom. The summed E-state index contributed by atoms with van der Waals surface area (Å²) in [6.45, 7) is 0. The van der Waals surface area contributed by atoms with Gasteiger partial charge in [-0.1, -0.05) is 17.7 Å². The maximum atomic E-state index is 12.5. The van der Waals surface area contributed by atoms with Crippen LogP contribution in [0.4, 0.5) is 5.69 Å². The van der Waals surface area contributed by atoms with Crippen LogP contribution >= 0.6 is 11.6 Å². The molecule has 1 N–H and O–H groups in total. The van der Waals surface area contributed by atoms with Gasteiger partial charge in [0.15, 0.2) is 0 Å². The van der Waals surface area contributed by atoms with Crippen molar-refractivity contribution in [1.82, 2.24) is 0 Å². The number of carbonyl (C=O) groups is 1. The number of aryl methyl sites for hydroxylation is 2. The molecular formula is C18H18ClNO3. The fourth-order valence-electron chi connectivity index (χ4n) is 2.87. The molecule has 3 rings (SSSR count). The highest BCUT2D eigenvalue weighted by Crippen LogP contribution is 2.36. The molecule has 0 unspecified atom stereocenters. The minimum Gasteiger partial charge on any atom is -0.495 e. The van der Waals surface area contributed by atoms with Crippen molar-refractivity contribution < 1.29 is 14.3 Å². The smallest absolute Gasteiger partial charge is 0.255 e. The normalized spacial score (nSPS) is 12.7. The zero-order valence-electron chi connectivity index (χ0n) is 13.1. The fraction of sp³-hybridized carbons (Fsp3) is 0.278. The monoisotopic (exact) mass is 331 g/mol. The number of hydrogen-bond acceptors (Lipinski definition) is 3. The number of anilines is 1. The topological polar surface area (TPSA) is 47.6 Å². The third kappa shape index (κ3) is 3.13. The number of ether oxygens (including phenoxy) is 2. The second kappa shape index (κ2) is 6.50. The van der Waals surface area contributed by atoms with Gasteiger partial charge in [0.05, 0.1) is 24.9 Å². The fourth-order valence-corrected chi connectivity index (χ4v) is 3.11. The van der Waals surface area contributed by atoms with E-state index in [1.807, 2.05) is 18.2 Å². The Hall–Kier alpha value is -2.20. The molecule has 1 aliphatic carbocycles. The van der Waals surface area contributed by atoms with E-state index in [4.69, 9.17) is 21.1 Å². The maximum absolute atomic E-state index is 12.5. The van der Waals surface area contributed by atoms with Crippen LogP contribution in [0, 0.1) is 0 Å². The van der Waals surface area contributed by atoms with E-state index in [9.17, 15) is 4.79 Å². The molecule has 0 bridgehead atoms. The molecule has 0 atom stereocenters. The van der Waals surface area contributed by atoms with Crippen molar-refractivity contribution in [2.24, 2.45) is 0 Å². The summed E-state index contributed by atoms with van der Waals surface area (Å²) >= 11 is 6.13. The first-order chi connectivity index (χ1) is 11.1. The molecule has 1 aliphatic rings. The number of nitrogens with one attached hydrogen (secondary N) is 1. The highest BCUT2D eigenvalue weighted by atomic mass is 35.5. The van der Waals surface area contributed by atoms with E-state index in [-0.39, 0.29) is 5.91 Å². The number of rotatable bonds is 4. The molecule has 2 aromatic rings. The lowest BCUT2D eigenvalue weighted by Gasteiger charge is -2.13. The third-order valence-electron chi connectivity index (χ3n) is 4.08. The second-order valence-corrected chi connectivity index (χ2v) is 5.89. The van der Waals surface area contributed by atoms with Crippen LogP contribution in [0.1, 0.15) is 27.9 Å². The van der Waals surface area contributed by atoms with Crippen LogP contribution < -0.4 is 14.8 Å². The number of hydrogen-bond donors (Lipinski definition) is 1. The molecule has 0 saturated carbocycles. The van der Waals surface area contributed by atoms with Crippen molar-refractivity contribution in [2.45, 2.75) is 19.3 Å². The zero-order chi connectivity index (χ0) is 16.4. The number of carbonyl (C=O) groups excluding carboxylic acids is 1. The highest BCUT2D eigenvalue weighted by Gasteiger charge is 2.16. The zero-order valence-corrected chi connectivity index (χ0v) is 13.9. The van der Waals surface area contributed by atoms with Crippen LogP contribution in [-0.4, -0.2) is 20.1 Å². The summed E-state index contributed by atoms with van der Waals surface area (Å²) in [6.07, 6.45) is 3.29. The molecule has 120 valence electrons. The first kappa shape index (κ1) is 15.7. The minimum atomic E-state index is -0.181. The molecule has 0 radical (unpaired) electrons. The summed E-state index contributed by atoms with van der Waals surface area (Å²) in [5.41, 5.74) is 3.76. The summed E-state index contributed by atoms with van der Waals surface area (Å²) < 4.78 is 10.5. The van der Waals surface area contributed by atoms with Crippen LogP contribution in [-0.2, 0) is 12.8 Å². The molecule has 0 aliphatic heterocycles. The quantitative estimate of drug-likeness (QED) is 0.917. The van der Waals surface area contributed by atoms with Crippen molar-refractivity contribution in [1.29, 1.82) is 0 Å². The predicted molar refractivity (Wildman–Crippen MR) is 91.0 cm³/mol. The number of fused-ring (bicyclic) bond motifs is 1. The molecule has 4 nitrogen and oxygen atoms in total. The molecule has 2 aromatic carbocycles. The maximum Gasteiger partial charge on any atom is 0.255 e. The van der Waals surface area contributed by atoms with Crippen molar-refractivity contribution in [3.63, 3.8) is 0 Å². The van der Waals surface area contributed by atoms with E-state index in [1.165, 1.54) is 25.3 Å². The summed E-state index contributed by atoms with van der Waals surface area (Å²) in [5.74, 6) is 0.819. The Balaban J connectivity index is 1.86. The Kier molecular flexibility index (Phi) is 4.44. The van der Waals surface area contributed by atoms with Crippen LogP contribution in [0.3, 0.4) is 0 Å². The number of halogens is 1. The molecule has 0 heterocycles. The van der Waals surface area contributed by atoms with Crippen molar-refractivity contribution in [3.8, 4) is 11.5 Å². The van der Waals surface area contributed by atoms with Crippen molar-refractivity contribution in [2.75, 3.05) is 19.5 Å². The average molecular weight is 332 g/mol. The van der Waals surface area contributed by atoms with E-state index in [0.29, 0.717) is 27.8 Å². The largest absolute Gasteiger partial charge is 0.495 e. The summed E-state index contributed by atoms with van der Waals surface area (Å²) in [6, 6.07) is 9.15. The van der Waals surface area contributed by atoms with Gasteiger partial charge in [-0.2, -0.15) is 0 Å². The van der Waals surface area contributed by atoms with E-state index in [0.717, 1.165) is 19.3 Å². The van der Waals surface area contributed by atoms with Gasteiger partial charge >= 0.3 is 0 Å². The number of methoxy groups -OCH3 is 2. The van der Waals surface area contributed by atoms with Gasteiger partial charge in [0, 0.05) is 11.6 Å². The van der Waals surface area contributed by atoms with E-state index in [2.05, 4.69) is 5.32 Å². The molecular weight excluding hydrogens is 314 g/mol. The van der Waals surface area contributed by atoms with Gasteiger partial charge in [0.1, 0.15) is 11.5 Å². The van der Waals surface area contributed by atoms with Crippen molar-refractivity contribution in [3.05, 3.63) is 52.0 Å². The predicted octanol–water partition coefficient (Wildman–Crippen LogP) is 4.10. The minimum absolute atomic E-state index is 0.181. The molecule has 1 amide bonds. The first-order valence-electron chi connectivity index (χ1n) is 7.47. The van der Waals surface area contributed by atoms with Gasteiger partial charge in [-0.25, -0.2) is 0 Å². The van der Waals surface area contributed by atoms with Gasteiger partial charge in [-0.3, -0.25) is 4.79 Å².